The fourth-order valence-electron chi connectivity index (χ4n) is 10.1. The van der Waals surface area contributed by atoms with Crippen LogP contribution in [0.2, 0.25) is 0 Å². The average molecular weight is 1370 g/mol. The van der Waals surface area contributed by atoms with E-state index in [2.05, 4.69) is 88.5 Å². The standard InChI is InChI=1S/C75H136O17P2/c1-5-9-13-17-21-25-29-31-32-33-34-35-36-38-42-44-48-52-56-60-73(78)86-66-71(92-75(80)62-58-54-50-46-40-28-24-20-16-12-8-4)68-90-94(83,84)88-64-69(76)63-87-93(81,82)89-67-70(91-74(79)61-57-53-49-45-39-27-23-19-15-11-7-3)65-85-72(77)59-55-51-47-43-41-37-30-26-22-18-14-10-6-2/h19,21,23,25-26,30-32,34-35,69-71,76H,5-18,20,22,24,27-29,33,36-68H2,1-4H3,(H,81,82)(H,83,84)/b23-19-,25-21-,30-26-,32-31-,35-34-. The summed E-state index contributed by atoms with van der Waals surface area (Å²) in [6.45, 7) is 4.78. The molecule has 0 aliphatic heterocycles. The molecular weight excluding hydrogens is 1230 g/mol. The van der Waals surface area contributed by atoms with Gasteiger partial charge in [0.1, 0.15) is 19.3 Å². The van der Waals surface area contributed by atoms with Gasteiger partial charge >= 0.3 is 39.5 Å². The number of rotatable bonds is 71. The number of aliphatic hydroxyl groups excluding tert-OH is 1. The fraction of sp³-hybridized carbons (Fsp3) is 0.813. The maximum Gasteiger partial charge on any atom is 0.472 e. The van der Waals surface area contributed by atoms with Gasteiger partial charge in [-0.1, -0.05) is 262 Å². The number of hydrogen-bond donors (Lipinski definition) is 3. The monoisotopic (exact) mass is 1370 g/mol. The van der Waals surface area contributed by atoms with E-state index in [0.29, 0.717) is 25.7 Å². The molecule has 0 radical (unpaired) electrons. The van der Waals surface area contributed by atoms with E-state index in [-0.39, 0.29) is 25.7 Å². The van der Waals surface area contributed by atoms with Gasteiger partial charge in [-0.3, -0.25) is 37.3 Å². The third-order valence-electron chi connectivity index (χ3n) is 16.0. The number of phosphoric acid groups is 2. The predicted octanol–water partition coefficient (Wildman–Crippen LogP) is 21.1. The highest BCUT2D eigenvalue weighted by Crippen LogP contribution is 2.45. The van der Waals surface area contributed by atoms with Crippen LogP contribution in [-0.2, 0) is 65.4 Å². The molecular formula is C75H136O17P2. The molecule has 5 unspecified atom stereocenters. The highest BCUT2D eigenvalue weighted by molar-refractivity contribution is 7.47. The van der Waals surface area contributed by atoms with Crippen LogP contribution in [0.25, 0.3) is 0 Å². The molecule has 0 saturated heterocycles. The van der Waals surface area contributed by atoms with Crippen molar-refractivity contribution in [2.24, 2.45) is 0 Å². The molecule has 0 amide bonds. The van der Waals surface area contributed by atoms with Gasteiger partial charge in [0.15, 0.2) is 12.2 Å². The summed E-state index contributed by atoms with van der Waals surface area (Å²) in [5.74, 6) is -2.18. The van der Waals surface area contributed by atoms with Gasteiger partial charge in [-0.25, -0.2) is 9.13 Å². The lowest BCUT2D eigenvalue weighted by molar-refractivity contribution is -0.161. The first kappa shape index (κ1) is 90.8. The number of unbranched alkanes of at least 4 members (excludes halogenated alkanes) is 35. The number of esters is 4. The van der Waals surface area contributed by atoms with Crippen LogP contribution < -0.4 is 0 Å². The molecule has 0 bridgehead atoms. The quantitative estimate of drug-likeness (QED) is 0.0169. The summed E-state index contributed by atoms with van der Waals surface area (Å²) in [4.78, 5) is 72.6. The van der Waals surface area contributed by atoms with Gasteiger partial charge < -0.3 is 33.8 Å². The molecule has 0 aromatic rings. The number of carbonyl (C=O) groups is 4. The van der Waals surface area contributed by atoms with E-state index in [0.717, 1.165) is 161 Å². The lowest BCUT2D eigenvalue weighted by Gasteiger charge is -2.21. The van der Waals surface area contributed by atoms with E-state index in [1.165, 1.54) is 96.3 Å². The number of allylic oxidation sites excluding steroid dienone is 10. The van der Waals surface area contributed by atoms with Crippen LogP contribution in [0.3, 0.4) is 0 Å². The molecule has 548 valence electrons. The van der Waals surface area contributed by atoms with Crippen molar-refractivity contribution in [2.45, 2.75) is 354 Å². The number of phosphoric ester groups is 2. The first-order valence-corrected chi connectivity index (χ1v) is 40.5. The lowest BCUT2D eigenvalue weighted by atomic mass is 10.1. The van der Waals surface area contributed by atoms with Crippen LogP contribution in [-0.4, -0.2) is 96.7 Å². The molecule has 0 aliphatic carbocycles. The Labute approximate surface area is 571 Å². The minimum atomic E-state index is -4.97. The van der Waals surface area contributed by atoms with Gasteiger partial charge in [0.2, 0.25) is 0 Å². The van der Waals surface area contributed by atoms with Gasteiger partial charge in [-0.2, -0.15) is 0 Å². The van der Waals surface area contributed by atoms with Crippen molar-refractivity contribution < 1.29 is 80.2 Å². The zero-order chi connectivity index (χ0) is 69.0. The summed E-state index contributed by atoms with van der Waals surface area (Å²) >= 11 is 0. The van der Waals surface area contributed by atoms with Gasteiger partial charge in [0.05, 0.1) is 26.4 Å². The Morgan fingerprint density at radius 3 is 0.872 bits per heavy atom. The third-order valence-corrected chi connectivity index (χ3v) is 17.9. The Bertz CT molecular complexity index is 2030. The minimum absolute atomic E-state index is 0.0866. The maximum atomic E-state index is 13.0. The van der Waals surface area contributed by atoms with Gasteiger partial charge in [0.25, 0.3) is 0 Å². The van der Waals surface area contributed by atoms with Crippen molar-refractivity contribution >= 4 is 39.5 Å². The molecule has 0 spiro atoms. The molecule has 0 fully saturated rings. The van der Waals surface area contributed by atoms with Crippen molar-refractivity contribution in [3.63, 3.8) is 0 Å². The van der Waals surface area contributed by atoms with Crippen molar-refractivity contribution in [1.82, 2.24) is 0 Å². The van der Waals surface area contributed by atoms with Gasteiger partial charge in [-0.05, 0) is 109 Å². The van der Waals surface area contributed by atoms with E-state index in [1.807, 2.05) is 0 Å². The number of hydrogen-bond acceptors (Lipinski definition) is 15. The normalized spacial score (nSPS) is 14.3. The maximum absolute atomic E-state index is 13.0. The Hall–Kier alpha value is -3.24. The molecule has 19 heteroatoms. The number of aliphatic hydroxyl groups is 1. The SMILES string of the molecule is CCCC/C=C\CCCCCCCC(=O)OC(COC(=O)CCCCCCC/C=C\CCCCCC)COP(=O)(O)OCC(O)COP(=O)(O)OCC(COC(=O)CCCCCCCC/C=C\C/C=C\C/C=C\CCCCC)OC(=O)CCCCCCCCCCCCC. The van der Waals surface area contributed by atoms with Crippen LogP contribution in [0.5, 0.6) is 0 Å². The lowest BCUT2D eigenvalue weighted by Crippen LogP contribution is -2.30. The van der Waals surface area contributed by atoms with E-state index in [4.69, 9.17) is 37.0 Å². The number of carbonyl (C=O) groups excluding carboxylic acids is 4. The van der Waals surface area contributed by atoms with Crippen molar-refractivity contribution in [3.05, 3.63) is 60.8 Å². The second-order valence-corrected chi connectivity index (χ2v) is 28.1. The Balaban J connectivity index is 5.26. The highest BCUT2D eigenvalue weighted by atomic mass is 31.2. The molecule has 0 aliphatic rings. The molecule has 5 atom stereocenters. The molecule has 0 rings (SSSR count). The summed E-state index contributed by atoms with van der Waals surface area (Å²) in [5, 5.41) is 10.6. The zero-order valence-corrected chi connectivity index (χ0v) is 61.4. The zero-order valence-electron chi connectivity index (χ0n) is 59.6. The topological polar surface area (TPSA) is 237 Å². The van der Waals surface area contributed by atoms with Crippen LogP contribution in [0.4, 0.5) is 0 Å². The molecule has 94 heavy (non-hydrogen) atoms. The van der Waals surface area contributed by atoms with Crippen molar-refractivity contribution in [2.75, 3.05) is 39.6 Å². The fourth-order valence-corrected chi connectivity index (χ4v) is 11.7. The molecule has 0 saturated carbocycles. The average Bonchev–Trinajstić information content (AvgIpc) is 1.24. The second kappa shape index (κ2) is 68.3. The van der Waals surface area contributed by atoms with Crippen LogP contribution in [0.1, 0.15) is 336 Å². The molecule has 3 N–H and O–H groups in total. The largest absolute Gasteiger partial charge is 0.472 e. The Morgan fingerprint density at radius 2 is 0.532 bits per heavy atom. The first-order valence-electron chi connectivity index (χ1n) is 37.5. The molecule has 0 aromatic carbocycles. The van der Waals surface area contributed by atoms with Crippen LogP contribution in [0, 0.1) is 0 Å². The third kappa shape index (κ3) is 67.3. The van der Waals surface area contributed by atoms with Crippen molar-refractivity contribution in [3.8, 4) is 0 Å². The van der Waals surface area contributed by atoms with E-state index in [9.17, 15) is 43.2 Å². The summed E-state index contributed by atoms with van der Waals surface area (Å²) < 4.78 is 68.3. The van der Waals surface area contributed by atoms with Crippen LogP contribution >= 0.6 is 15.6 Å². The summed E-state index contributed by atoms with van der Waals surface area (Å²) in [7, 11) is -9.93. The summed E-state index contributed by atoms with van der Waals surface area (Å²) in [6, 6.07) is 0. The van der Waals surface area contributed by atoms with Gasteiger partial charge in [0, 0.05) is 25.7 Å². The summed E-state index contributed by atoms with van der Waals surface area (Å²) in [5.41, 5.74) is 0. The minimum Gasteiger partial charge on any atom is -0.462 e. The second-order valence-electron chi connectivity index (χ2n) is 25.2. The number of ether oxygens (including phenoxy) is 4. The predicted molar refractivity (Wildman–Crippen MR) is 381 cm³/mol. The van der Waals surface area contributed by atoms with E-state index >= 15 is 0 Å². The summed E-state index contributed by atoms with van der Waals surface area (Å²) in [6.07, 6.45) is 65.1. The first-order chi connectivity index (χ1) is 45.7. The van der Waals surface area contributed by atoms with E-state index in [1.54, 1.807) is 0 Å². The van der Waals surface area contributed by atoms with E-state index < -0.39 is 97.5 Å². The Kier molecular flexibility index (Phi) is 65.9. The van der Waals surface area contributed by atoms with Gasteiger partial charge in [-0.15, -0.1) is 0 Å². The highest BCUT2D eigenvalue weighted by Gasteiger charge is 2.30. The molecule has 0 heterocycles. The smallest absolute Gasteiger partial charge is 0.462 e. The molecule has 17 nitrogen and oxygen atoms in total. The Morgan fingerprint density at radius 1 is 0.298 bits per heavy atom. The van der Waals surface area contributed by atoms with Crippen molar-refractivity contribution in [1.29, 1.82) is 0 Å². The molecule has 0 aromatic heterocycles. The van der Waals surface area contributed by atoms with Crippen LogP contribution in [0.15, 0.2) is 60.8 Å².